The highest BCUT2D eigenvalue weighted by Gasteiger charge is 2.11. The van der Waals surface area contributed by atoms with E-state index < -0.39 is 4.92 Å². The highest BCUT2D eigenvalue weighted by molar-refractivity contribution is 5.90. The lowest BCUT2D eigenvalue weighted by molar-refractivity contribution is -0.384. The highest BCUT2D eigenvalue weighted by atomic mass is 19.1. The Hall–Kier alpha value is -3.62. The van der Waals surface area contributed by atoms with Crippen molar-refractivity contribution in [1.82, 2.24) is 10.1 Å². The molecule has 3 rings (SSSR count). The zero-order valence-electron chi connectivity index (χ0n) is 13.4. The molecule has 1 heterocycles. The highest BCUT2D eigenvalue weighted by Crippen LogP contribution is 2.18. The van der Waals surface area contributed by atoms with Crippen molar-refractivity contribution in [1.29, 1.82) is 0 Å². The molecule has 0 radical (unpaired) electrons. The zero-order valence-corrected chi connectivity index (χ0v) is 13.4. The molecule has 0 saturated heterocycles. The van der Waals surface area contributed by atoms with Crippen LogP contribution in [0.15, 0.2) is 53.1 Å². The number of nitrogens with zero attached hydrogens (tertiary/aromatic N) is 3. The lowest BCUT2D eigenvalue weighted by Gasteiger charge is -2.03. The monoisotopic (exact) mass is 356 g/mol. The first-order valence-electron chi connectivity index (χ1n) is 7.64. The SMILES string of the molecule is O=C(CCc1nc(-c2ccc(F)cc2)no1)Nc1ccc([N+](=O)[O-])cc1. The minimum atomic E-state index is -0.514. The quantitative estimate of drug-likeness (QED) is 0.535. The number of aromatic nitrogens is 2. The van der Waals surface area contributed by atoms with Crippen LogP contribution in [0.5, 0.6) is 0 Å². The van der Waals surface area contributed by atoms with Gasteiger partial charge >= 0.3 is 0 Å². The third-order valence-corrected chi connectivity index (χ3v) is 3.50. The van der Waals surface area contributed by atoms with E-state index in [-0.39, 0.29) is 36.1 Å². The minimum absolute atomic E-state index is 0.0535. The molecule has 0 atom stereocenters. The Morgan fingerprint density at radius 2 is 1.85 bits per heavy atom. The zero-order chi connectivity index (χ0) is 18.5. The Morgan fingerprint density at radius 3 is 2.50 bits per heavy atom. The number of aryl methyl sites for hydroxylation is 1. The average molecular weight is 356 g/mol. The number of halogens is 1. The molecule has 2 aromatic carbocycles. The molecule has 1 N–H and O–H groups in total. The van der Waals surface area contributed by atoms with E-state index >= 15 is 0 Å². The summed E-state index contributed by atoms with van der Waals surface area (Å²) in [6.45, 7) is 0. The van der Waals surface area contributed by atoms with E-state index in [0.29, 0.717) is 17.1 Å². The van der Waals surface area contributed by atoms with Crippen LogP contribution in [-0.4, -0.2) is 21.0 Å². The van der Waals surface area contributed by atoms with Gasteiger partial charge in [0.25, 0.3) is 5.69 Å². The molecule has 3 aromatic rings. The Morgan fingerprint density at radius 1 is 1.15 bits per heavy atom. The van der Waals surface area contributed by atoms with Crippen molar-refractivity contribution in [2.45, 2.75) is 12.8 Å². The van der Waals surface area contributed by atoms with Gasteiger partial charge in [-0.25, -0.2) is 4.39 Å². The number of nitrogens with one attached hydrogen (secondary N) is 1. The van der Waals surface area contributed by atoms with Crippen LogP contribution < -0.4 is 5.32 Å². The van der Waals surface area contributed by atoms with Gasteiger partial charge in [-0.15, -0.1) is 0 Å². The number of carbonyl (C=O) groups excluding carboxylic acids is 1. The molecule has 0 spiro atoms. The molecule has 0 fully saturated rings. The molecule has 0 bridgehead atoms. The van der Waals surface area contributed by atoms with Crippen LogP contribution >= 0.6 is 0 Å². The van der Waals surface area contributed by atoms with Crippen molar-refractivity contribution in [2.75, 3.05) is 5.32 Å². The lowest BCUT2D eigenvalue weighted by atomic mass is 10.2. The predicted molar refractivity (Wildman–Crippen MR) is 89.7 cm³/mol. The van der Waals surface area contributed by atoms with E-state index in [4.69, 9.17) is 4.52 Å². The number of amides is 1. The Bertz CT molecular complexity index is 923. The van der Waals surface area contributed by atoms with Gasteiger partial charge < -0.3 is 9.84 Å². The first-order chi connectivity index (χ1) is 12.5. The van der Waals surface area contributed by atoms with Crippen molar-refractivity contribution in [3.05, 3.63) is 70.4 Å². The molecular formula is C17H13FN4O4. The Kier molecular flexibility index (Phi) is 4.97. The van der Waals surface area contributed by atoms with Crippen molar-refractivity contribution in [2.24, 2.45) is 0 Å². The minimum Gasteiger partial charge on any atom is -0.339 e. The normalized spacial score (nSPS) is 10.5. The molecule has 26 heavy (non-hydrogen) atoms. The maximum Gasteiger partial charge on any atom is 0.269 e. The molecule has 0 aliphatic carbocycles. The Balaban J connectivity index is 1.54. The lowest BCUT2D eigenvalue weighted by Crippen LogP contribution is -2.12. The molecule has 1 aromatic heterocycles. The summed E-state index contributed by atoms with van der Waals surface area (Å²) in [7, 11) is 0. The number of hydrogen-bond donors (Lipinski definition) is 1. The molecule has 0 aliphatic heterocycles. The van der Waals surface area contributed by atoms with Gasteiger partial charge in [0.2, 0.25) is 17.6 Å². The predicted octanol–water partition coefficient (Wildman–Crippen LogP) is 3.36. The van der Waals surface area contributed by atoms with Gasteiger partial charge in [0.05, 0.1) is 4.92 Å². The molecule has 0 unspecified atom stereocenters. The van der Waals surface area contributed by atoms with Crippen LogP contribution in [0.3, 0.4) is 0 Å². The van der Waals surface area contributed by atoms with Crippen LogP contribution in [0.4, 0.5) is 15.8 Å². The van der Waals surface area contributed by atoms with Crippen LogP contribution in [0.1, 0.15) is 12.3 Å². The molecular weight excluding hydrogens is 343 g/mol. The third kappa shape index (κ3) is 4.26. The van der Waals surface area contributed by atoms with E-state index in [1.165, 1.54) is 48.5 Å². The van der Waals surface area contributed by atoms with Gasteiger partial charge in [-0.3, -0.25) is 14.9 Å². The summed E-state index contributed by atoms with van der Waals surface area (Å²) in [5.74, 6) is -0.0558. The Labute approximate surface area is 146 Å². The van der Waals surface area contributed by atoms with E-state index in [2.05, 4.69) is 15.5 Å². The topological polar surface area (TPSA) is 111 Å². The van der Waals surface area contributed by atoms with Crippen molar-refractivity contribution < 1.29 is 18.6 Å². The standard InChI is InChI=1S/C17H13FN4O4/c18-12-3-1-11(2-4-12)17-20-16(26-21-17)10-9-15(23)19-13-5-7-14(8-6-13)22(24)25/h1-8H,9-10H2,(H,19,23). The summed E-state index contributed by atoms with van der Waals surface area (Å²) in [4.78, 5) is 26.2. The molecule has 132 valence electrons. The van der Waals surface area contributed by atoms with E-state index in [1.807, 2.05) is 0 Å². The number of non-ortho nitro benzene ring substituents is 1. The van der Waals surface area contributed by atoms with Crippen LogP contribution in [0.2, 0.25) is 0 Å². The molecule has 9 heteroatoms. The second-order valence-corrected chi connectivity index (χ2v) is 5.37. The first kappa shape index (κ1) is 17.2. The van der Waals surface area contributed by atoms with Crippen molar-refractivity contribution in [3.63, 3.8) is 0 Å². The maximum absolute atomic E-state index is 12.9. The van der Waals surface area contributed by atoms with Gasteiger partial charge in [0.1, 0.15) is 5.82 Å². The fourth-order valence-corrected chi connectivity index (χ4v) is 2.18. The molecule has 0 saturated carbocycles. The van der Waals surface area contributed by atoms with Crippen LogP contribution in [0.25, 0.3) is 11.4 Å². The van der Waals surface area contributed by atoms with Gasteiger partial charge in [0, 0.05) is 36.2 Å². The van der Waals surface area contributed by atoms with Crippen molar-refractivity contribution >= 4 is 17.3 Å². The van der Waals surface area contributed by atoms with E-state index in [0.717, 1.165) is 0 Å². The van der Waals surface area contributed by atoms with Crippen LogP contribution in [0, 0.1) is 15.9 Å². The number of nitro groups is 1. The average Bonchev–Trinajstić information content (AvgIpc) is 3.10. The number of nitro benzene ring substituents is 1. The number of benzene rings is 2. The van der Waals surface area contributed by atoms with Gasteiger partial charge in [-0.05, 0) is 36.4 Å². The summed E-state index contributed by atoms with van der Waals surface area (Å²) < 4.78 is 18.0. The second kappa shape index (κ2) is 7.51. The van der Waals surface area contributed by atoms with Crippen LogP contribution in [-0.2, 0) is 11.2 Å². The summed E-state index contributed by atoms with van der Waals surface area (Å²) >= 11 is 0. The van der Waals surface area contributed by atoms with Crippen molar-refractivity contribution in [3.8, 4) is 11.4 Å². The first-order valence-corrected chi connectivity index (χ1v) is 7.64. The number of carbonyl (C=O) groups is 1. The largest absolute Gasteiger partial charge is 0.339 e. The number of hydrogen-bond acceptors (Lipinski definition) is 6. The molecule has 1 amide bonds. The van der Waals surface area contributed by atoms with Gasteiger partial charge in [-0.2, -0.15) is 4.98 Å². The van der Waals surface area contributed by atoms with Gasteiger partial charge in [-0.1, -0.05) is 5.16 Å². The van der Waals surface area contributed by atoms with Gasteiger partial charge in [0.15, 0.2) is 0 Å². The summed E-state index contributed by atoms with van der Waals surface area (Å²) in [5, 5.41) is 17.0. The smallest absolute Gasteiger partial charge is 0.269 e. The summed E-state index contributed by atoms with van der Waals surface area (Å²) in [6, 6.07) is 11.2. The molecule has 8 nitrogen and oxygen atoms in total. The molecule has 0 aliphatic rings. The van der Waals surface area contributed by atoms with E-state index in [9.17, 15) is 19.3 Å². The fraction of sp³-hybridized carbons (Fsp3) is 0.118. The maximum atomic E-state index is 12.9. The fourth-order valence-electron chi connectivity index (χ4n) is 2.18. The summed E-state index contributed by atoms with van der Waals surface area (Å²) in [6.07, 6.45) is 0.328. The number of rotatable bonds is 6. The number of anilines is 1. The summed E-state index contributed by atoms with van der Waals surface area (Å²) in [5.41, 5.74) is 1.01. The second-order valence-electron chi connectivity index (χ2n) is 5.37. The van der Waals surface area contributed by atoms with E-state index in [1.54, 1.807) is 0 Å². The third-order valence-electron chi connectivity index (χ3n) is 3.50.